The normalized spacial score (nSPS) is 10.5. The van der Waals surface area contributed by atoms with Crippen molar-refractivity contribution in [2.24, 2.45) is 0 Å². The largest absolute Gasteiger partial charge is 0.433 e. The Labute approximate surface area is 125 Å². The van der Waals surface area contributed by atoms with Crippen LogP contribution in [0.15, 0.2) is 42.5 Å². The predicted molar refractivity (Wildman–Crippen MR) is 77.2 cm³/mol. The van der Waals surface area contributed by atoms with Crippen molar-refractivity contribution in [2.75, 3.05) is 5.32 Å². The molecular weight excluding hydrogens is 300 g/mol. The van der Waals surface area contributed by atoms with Gasteiger partial charge < -0.3 is 10.1 Å². The summed E-state index contributed by atoms with van der Waals surface area (Å²) in [6, 6.07) is 11.1. The van der Waals surface area contributed by atoms with E-state index in [4.69, 9.17) is 11.6 Å². The quantitative estimate of drug-likeness (QED) is 0.902. The molecule has 3 nitrogen and oxygen atoms in total. The van der Waals surface area contributed by atoms with Crippen molar-refractivity contribution >= 4 is 23.2 Å². The predicted octanol–water partition coefficient (Wildman–Crippen LogP) is 4.50. The molecule has 0 radical (unpaired) electrons. The van der Waals surface area contributed by atoms with Crippen molar-refractivity contribution in [1.82, 2.24) is 0 Å². The minimum absolute atomic E-state index is 0.00277. The van der Waals surface area contributed by atoms with Gasteiger partial charge in [0, 0.05) is 11.3 Å². The second-order valence-corrected chi connectivity index (χ2v) is 4.75. The molecule has 0 bridgehead atoms. The molecule has 1 N–H and O–H groups in total. The van der Waals surface area contributed by atoms with Crippen LogP contribution in [0.3, 0.4) is 0 Å². The maximum Gasteiger partial charge on any atom is 0.387 e. The zero-order valence-electron chi connectivity index (χ0n) is 11.1. The summed E-state index contributed by atoms with van der Waals surface area (Å²) in [5, 5.41) is 2.63. The highest BCUT2D eigenvalue weighted by atomic mass is 35.5. The lowest BCUT2D eigenvalue weighted by molar-refractivity contribution is -0.0497. The molecule has 1 amide bonds. The molecule has 2 rings (SSSR count). The summed E-state index contributed by atoms with van der Waals surface area (Å²) in [6.07, 6.45) is 0. The number of nitrogens with one attached hydrogen (secondary N) is 1. The lowest BCUT2D eigenvalue weighted by Crippen LogP contribution is -2.12. The summed E-state index contributed by atoms with van der Waals surface area (Å²) in [6.45, 7) is -1.03. The van der Waals surface area contributed by atoms with Crippen LogP contribution >= 0.6 is 11.6 Å². The van der Waals surface area contributed by atoms with Gasteiger partial charge in [-0.3, -0.25) is 4.79 Å². The van der Waals surface area contributed by atoms with Crippen LogP contribution in [-0.2, 0) is 0 Å². The summed E-state index contributed by atoms with van der Waals surface area (Å²) in [5.41, 5.74) is 1.93. The Morgan fingerprint density at radius 2 is 1.86 bits per heavy atom. The van der Waals surface area contributed by atoms with Crippen LogP contribution in [0, 0.1) is 6.92 Å². The van der Waals surface area contributed by atoms with E-state index in [1.807, 2.05) is 19.1 Å². The fourth-order valence-corrected chi connectivity index (χ4v) is 1.90. The number of carbonyl (C=O) groups is 1. The van der Waals surface area contributed by atoms with Gasteiger partial charge >= 0.3 is 6.61 Å². The van der Waals surface area contributed by atoms with E-state index >= 15 is 0 Å². The third-order valence-electron chi connectivity index (χ3n) is 2.72. The molecule has 21 heavy (non-hydrogen) atoms. The van der Waals surface area contributed by atoms with E-state index in [9.17, 15) is 13.6 Å². The number of carbonyl (C=O) groups excluding carboxylic acids is 1. The highest BCUT2D eigenvalue weighted by molar-refractivity contribution is 6.32. The van der Waals surface area contributed by atoms with Gasteiger partial charge in [0.05, 0.1) is 5.02 Å². The molecule has 2 aromatic carbocycles. The Kier molecular flexibility index (Phi) is 4.75. The van der Waals surface area contributed by atoms with E-state index in [1.165, 1.54) is 18.2 Å². The third kappa shape index (κ3) is 4.16. The molecule has 0 fully saturated rings. The minimum atomic E-state index is -2.95. The Hall–Kier alpha value is -2.14. The molecule has 110 valence electrons. The van der Waals surface area contributed by atoms with Crippen molar-refractivity contribution in [3.63, 3.8) is 0 Å². The van der Waals surface area contributed by atoms with Crippen molar-refractivity contribution in [2.45, 2.75) is 13.5 Å². The second kappa shape index (κ2) is 6.54. The molecule has 0 saturated carbocycles. The van der Waals surface area contributed by atoms with E-state index in [-0.39, 0.29) is 16.7 Å². The SMILES string of the molecule is Cc1ccc(C(=O)Nc2ccc(OC(F)F)c(Cl)c2)cc1. The van der Waals surface area contributed by atoms with Gasteiger partial charge in [-0.2, -0.15) is 8.78 Å². The van der Waals surface area contributed by atoms with E-state index in [0.29, 0.717) is 11.3 Å². The summed E-state index contributed by atoms with van der Waals surface area (Å²) in [7, 11) is 0. The number of amides is 1. The first kappa shape index (κ1) is 15.3. The van der Waals surface area contributed by atoms with Crippen molar-refractivity contribution < 1.29 is 18.3 Å². The fraction of sp³-hybridized carbons (Fsp3) is 0.133. The Morgan fingerprint density at radius 1 is 1.19 bits per heavy atom. The molecule has 0 heterocycles. The van der Waals surface area contributed by atoms with Crippen LogP contribution in [0.4, 0.5) is 14.5 Å². The van der Waals surface area contributed by atoms with E-state index in [0.717, 1.165) is 5.56 Å². The first-order chi connectivity index (χ1) is 9.95. The number of benzene rings is 2. The lowest BCUT2D eigenvalue weighted by Gasteiger charge is -2.09. The number of ether oxygens (including phenoxy) is 1. The Balaban J connectivity index is 2.11. The van der Waals surface area contributed by atoms with Gasteiger partial charge in [-0.25, -0.2) is 0 Å². The fourth-order valence-electron chi connectivity index (χ4n) is 1.68. The van der Waals surface area contributed by atoms with Gasteiger partial charge in [-0.1, -0.05) is 29.3 Å². The number of hydrogen-bond acceptors (Lipinski definition) is 2. The summed E-state index contributed by atoms with van der Waals surface area (Å²) >= 11 is 5.81. The van der Waals surface area contributed by atoms with Crippen molar-refractivity contribution in [3.8, 4) is 5.75 Å². The molecule has 0 aliphatic rings. The molecular formula is C15H12ClF2NO2. The molecule has 0 unspecified atom stereocenters. The smallest absolute Gasteiger partial charge is 0.387 e. The first-order valence-corrected chi connectivity index (χ1v) is 6.46. The second-order valence-electron chi connectivity index (χ2n) is 4.34. The van der Waals surface area contributed by atoms with Crippen LogP contribution in [0.1, 0.15) is 15.9 Å². The molecule has 0 aliphatic heterocycles. The number of anilines is 1. The highest BCUT2D eigenvalue weighted by Gasteiger charge is 2.11. The third-order valence-corrected chi connectivity index (χ3v) is 3.01. The molecule has 0 aromatic heterocycles. The van der Waals surface area contributed by atoms with Gasteiger partial charge in [0.2, 0.25) is 0 Å². The van der Waals surface area contributed by atoms with Crippen LogP contribution in [0.5, 0.6) is 5.75 Å². The van der Waals surface area contributed by atoms with Crippen LogP contribution in [0.25, 0.3) is 0 Å². The average Bonchev–Trinajstić information content (AvgIpc) is 2.42. The highest BCUT2D eigenvalue weighted by Crippen LogP contribution is 2.29. The molecule has 0 aliphatic carbocycles. The van der Waals surface area contributed by atoms with Gasteiger partial charge in [-0.15, -0.1) is 0 Å². The van der Waals surface area contributed by atoms with Gasteiger partial charge in [0.15, 0.2) is 0 Å². The standard InChI is InChI=1S/C15H12ClF2NO2/c1-9-2-4-10(5-3-9)14(20)19-11-6-7-13(12(16)8-11)21-15(17)18/h2-8,15H,1H3,(H,19,20). The van der Waals surface area contributed by atoms with Crippen LogP contribution < -0.4 is 10.1 Å². The number of halogens is 3. The average molecular weight is 312 g/mol. The summed E-state index contributed by atoms with van der Waals surface area (Å²) in [4.78, 5) is 12.0. The summed E-state index contributed by atoms with van der Waals surface area (Å²) in [5.74, 6) is -0.450. The van der Waals surface area contributed by atoms with Crippen LogP contribution in [0.2, 0.25) is 5.02 Å². The molecule has 0 spiro atoms. The molecule has 0 saturated heterocycles. The monoisotopic (exact) mass is 311 g/mol. The van der Waals surface area contributed by atoms with Crippen molar-refractivity contribution in [1.29, 1.82) is 0 Å². The molecule has 2 aromatic rings. The van der Waals surface area contributed by atoms with Gasteiger partial charge in [-0.05, 0) is 37.3 Å². The van der Waals surface area contributed by atoms with E-state index in [1.54, 1.807) is 12.1 Å². The summed E-state index contributed by atoms with van der Waals surface area (Å²) < 4.78 is 28.5. The Morgan fingerprint density at radius 3 is 2.43 bits per heavy atom. The zero-order valence-corrected chi connectivity index (χ0v) is 11.8. The minimum Gasteiger partial charge on any atom is -0.433 e. The van der Waals surface area contributed by atoms with Gasteiger partial charge in [0.25, 0.3) is 5.91 Å². The van der Waals surface area contributed by atoms with Gasteiger partial charge in [0.1, 0.15) is 5.75 Å². The van der Waals surface area contributed by atoms with E-state index in [2.05, 4.69) is 10.1 Å². The maximum atomic E-state index is 12.1. The lowest BCUT2D eigenvalue weighted by atomic mass is 10.1. The van der Waals surface area contributed by atoms with Crippen molar-refractivity contribution in [3.05, 3.63) is 58.6 Å². The molecule has 0 atom stereocenters. The number of hydrogen-bond donors (Lipinski definition) is 1. The number of aryl methyl sites for hydroxylation is 1. The zero-order chi connectivity index (χ0) is 15.4. The molecule has 6 heteroatoms. The first-order valence-electron chi connectivity index (χ1n) is 6.08. The Bertz CT molecular complexity index is 645. The number of alkyl halides is 2. The number of rotatable bonds is 4. The topological polar surface area (TPSA) is 38.3 Å². The maximum absolute atomic E-state index is 12.1. The van der Waals surface area contributed by atoms with E-state index < -0.39 is 6.61 Å². The van der Waals surface area contributed by atoms with Crippen LogP contribution in [-0.4, -0.2) is 12.5 Å².